The molecule has 0 heterocycles. The topological polar surface area (TPSA) is 20.3 Å². The molecule has 0 bridgehead atoms. The Morgan fingerprint density at radius 3 is 2.25 bits per heavy atom. The molecule has 2 nitrogen and oxygen atoms in total. The maximum Gasteiger partial charge on any atom is 0.162 e. The fourth-order valence-electron chi connectivity index (χ4n) is 1.63. The van der Waals surface area contributed by atoms with E-state index in [0.717, 1.165) is 30.5 Å². The summed E-state index contributed by atoms with van der Waals surface area (Å²) in [7, 11) is 4.00. The molecule has 2 heteroatoms. The third kappa shape index (κ3) is 3.69. The second kappa shape index (κ2) is 6.31. The van der Waals surface area contributed by atoms with Crippen molar-refractivity contribution in [1.29, 1.82) is 0 Å². The molecule has 0 aromatic heterocycles. The van der Waals surface area contributed by atoms with Gasteiger partial charge in [0.25, 0.3) is 0 Å². The number of hydrogen-bond donors (Lipinski definition) is 0. The molecular weight excluding hydrogens is 198 g/mol. The summed E-state index contributed by atoms with van der Waals surface area (Å²) >= 11 is 0. The van der Waals surface area contributed by atoms with E-state index in [2.05, 4.69) is 6.92 Å². The summed E-state index contributed by atoms with van der Waals surface area (Å²) < 4.78 is 0. The molecule has 88 valence electrons. The van der Waals surface area contributed by atoms with E-state index in [4.69, 9.17) is 0 Å². The lowest BCUT2D eigenvalue weighted by Gasteiger charge is -2.12. The minimum absolute atomic E-state index is 0.263. The molecule has 0 aliphatic carbocycles. The number of unbranched alkanes of at least 4 members (excludes halogenated alkanes) is 2. The zero-order valence-electron chi connectivity index (χ0n) is 10.5. The van der Waals surface area contributed by atoms with E-state index in [-0.39, 0.29) is 5.78 Å². The summed E-state index contributed by atoms with van der Waals surface area (Å²) in [6.45, 7) is 2.15. The summed E-state index contributed by atoms with van der Waals surface area (Å²) in [5.41, 5.74) is 1.96. The number of benzene rings is 1. The van der Waals surface area contributed by atoms with Crippen LogP contribution in [0.3, 0.4) is 0 Å². The van der Waals surface area contributed by atoms with Gasteiger partial charge in [-0.25, -0.2) is 0 Å². The summed E-state index contributed by atoms with van der Waals surface area (Å²) in [4.78, 5) is 13.8. The van der Waals surface area contributed by atoms with Crippen LogP contribution in [0.1, 0.15) is 43.0 Å². The van der Waals surface area contributed by atoms with Gasteiger partial charge in [0.05, 0.1) is 0 Å². The maximum atomic E-state index is 11.8. The number of carbonyl (C=O) groups excluding carboxylic acids is 1. The number of carbonyl (C=O) groups is 1. The molecule has 0 saturated carbocycles. The zero-order chi connectivity index (χ0) is 12.0. The molecule has 1 rings (SSSR count). The quantitative estimate of drug-likeness (QED) is 0.539. The lowest BCUT2D eigenvalue weighted by atomic mass is 10.0. The van der Waals surface area contributed by atoms with Gasteiger partial charge in [-0.15, -0.1) is 0 Å². The molecule has 1 aromatic carbocycles. The zero-order valence-corrected chi connectivity index (χ0v) is 10.5. The summed E-state index contributed by atoms with van der Waals surface area (Å²) in [5.74, 6) is 0.263. The normalized spacial score (nSPS) is 10.2. The van der Waals surface area contributed by atoms with Crippen molar-refractivity contribution < 1.29 is 4.79 Å². The average Bonchev–Trinajstić information content (AvgIpc) is 2.29. The minimum atomic E-state index is 0.263. The van der Waals surface area contributed by atoms with Crippen LogP contribution < -0.4 is 4.90 Å². The van der Waals surface area contributed by atoms with E-state index in [0.29, 0.717) is 6.42 Å². The third-order valence-electron chi connectivity index (χ3n) is 2.71. The van der Waals surface area contributed by atoms with E-state index in [1.165, 1.54) is 0 Å². The fraction of sp³-hybridized carbons (Fsp3) is 0.500. The molecule has 0 spiro atoms. The fourth-order valence-corrected chi connectivity index (χ4v) is 1.63. The Labute approximate surface area is 98.3 Å². The van der Waals surface area contributed by atoms with Crippen molar-refractivity contribution in [2.75, 3.05) is 19.0 Å². The van der Waals surface area contributed by atoms with Crippen molar-refractivity contribution in [2.45, 2.75) is 32.6 Å². The van der Waals surface area contributed by atoms with Gasteiger partial charge in [0.2, 0.25) is 0 Å². The average molecular weight is 219 g/mol. The minimum Gasteiger partial charge on any atom is -0.378 e. The molecule has 0 atom stereocenters. The Kier molecular flexibility index (Phi) is 5.03. The molecule has 16 heavy (non-hydrogen) atoms. The first-order chi connectivity index (χ1) is 7.65. The van der Waals surface area contributed by atoms with Gasteiger partial charge < -0.3 is 4.90 Å². The van der Waals surface area contributed by atoms with Crippen LogP contribution in [-0.4, -0.2) is 19.9 Å². The molecule has 0 radical (unpaired) electrons. The highest BCUT2D eigenvalue weighted by Crippen LogP contribution is 2.14. The highest BCUT2D eigenvalue weighted by atomic mass is 16.1. The van der Waals surface area contributed by atoms with E-state index < -0.39 is 0 Å². The van der Waals surface area contributed by atoms with E-state index in [1.807, 2.05) is 43.3 Å². The van der Waals surface area contributed by atoms with Gasteiger partial charge >= 0.3 is 0 Å². The molecule has 1 aromatic rings. The summed E-state index contributed by atoms with van der Waals surface area (Å²) in [5, 5.41) is 0. The lowest BCUT2D eigenvalue weighted by molar-refractivity contribution is 0.0979. The number of nitrogens with zero attached hydrogens (tertiary/aromatic N) is 1. The van der Waals surface area contributed by atoms with Crippen molar-refractivity contribution in [3.8, 4) is 0 Å². The molecule has 0 N–H and O–H groups in total. The van der Waals surface area contributed by atoms with Crippen LogP contribution in [0.15, 0.2) is 24.3 Å². The first-order valence-corrected chi connectivity index (χ1v) is 5.95. The Bertz CT molecular complexity index is 327. The number of hydrogen-bond acceptors (Lipinski definition) is 2. The van der Waals surface area contributed by atoms with E-state index in [9.17, 15) is 4.79 Å². The van der Waals surface area contributed by atoms with Gasteiger partial charge in [0.1, 0.15) is 0 Å². The summed E-state index contributed by atoms with van der Waals surface area (Å²) in [6, 6.07) is 7.83. The predicted octanol–water partition coefficient (Wildman–Crippen LogP) is 3.52. The highest BCUT2D eigenvalue weighted by molar-refractivity contribution is 5.96. The van der Waals surface area contributed by atoms with Crippen molar-refractivity contribution in [2.24, 2.45) is 0 Å². The van der Waals surface area contributed by atoms with E-state index in [1.54, 1.807) is 0 Å². The first kappa shape index (κ1) is 12.8. The molecule has 0 saturated heterocycles. The van der Waals surface area contributed by atoms with Crippen molar-refractivity contribution in [3.63, 3.8) is 0 Å². The van der Waals surface area contributed by atoms with Crippen LogP contribution in [-0.2, 0) is 0 Å². The second-order valence-corrected chi connectivity index (χ2v) is 4.32. The van der Waals surface area contributed by atoms with Gasteiger partial charge in [0.15, 0.2) is 5.78 Å². The van der Waals surface area contributed by atoms with Crippen LogP contribution in [0, 0.1) is 0 Å². The maximum absolute atomic E-state index is 11.8. The Balaban J connectivity index is 2.56. The van der Waals surface area contributed by atoms with Gasteiger partial charge in [-0.1, -0.05) is 19.8 Å². The standard InChI is InChI=1S/C14H21NO/c1-4-5-6-7-14(16)12-8-10-13(11-9-12)15(2)3/h8-11H,4-7H2,1-3H3. The van der Waals surface area contributed by atoms with Crippen LogP contribution >= 0.6 is 0 Å². The lowest BCUT2D eigenvalue weighted by Crippen LogP contribution is -2.08. The number of anilines is 1. The third-order valence-corrected chi connectivity index (χ3v) is 2.71. The van der Waals surface area contributed by atoms with Crippen LogP contribution in [0.25, 0.3) is 0 Å². The molecule has 0 amide bonds. The van der Waals surface area contributed by atoms with Crippen molar-refractivity contribution >= 4 is 11.5 Å². The Hall–Kier alpha value is -1.31. The second-order valence-electron chi connectivity index (χ2n) is 4.32. The number of Topliss-reactive ketones (excluding diaryl/α,β-unsaturated/α-hetero) is 1. The van der Waals surface area contributed by atoms with Gasteiger partial charge in [0, 0.05) is 31.8 Å². The predicted molar refractivity (Wildman–Crippen MR) is 69.2 cm³/mol. The molecular formula is C14H21NO. The monoisotopic (exact) mass is 219 g/mol. The number of ketones is 1. The van der Waals surface area contributed by atoms with Crippen molar-refractivity contribution in [1.82, 2.24) is 0 Å². The molecule has 0 aliphatic heterocycles. The number of rotatable bonds is 6. The smallest absolute Gasteiger partial charge is 0.162 e. The Morgan fingerprint density at radius 1 is 1.12 bits per heavy atom. The Morgan fingerprint density at radius 2 is 1.75 bits per heavy atom. The van der Waals surface area contributed by atoms with Crippen LogP contribution in [0.2, 0.25) is 0 Å². The summed E-state index contributed by atoms with van der Waals surface area (Å²) in [6.07, 6.45) is 3.98. The molecule has 0 unspecified atom stereocenters. The van der Waals surface area contributed by atoms with Crippen molar-refractivity contribution in [3.05, 3.63) is 29.8 Å². The van der Waals surface area contributed by atoms with Gasteiger partial charge in [-0.05, 0) is 30.7 Å². The van der Waals surface area contributed by atoms with Crippen LogP contribution in [0.4, 0.5) is 5.69 Å². The van der Waals surface area contributed by atoms with Gasteiger partial charge in [-0.3, -0.25) is 4.79 Å². The van der Waals surface area contributed by atoms with Crippen LogP contribution in [0.5, 0.6) is 0 Å². The van der Waals surface area contributed by atoms with E-state index >= 15 is 0 Å². The SMILES string of the molecule is CCCCCC(=O)c1ccc(N(C)C)cc1. The highest BCUT2D eigenvalue weighted by Gasteiger charge is 2.05. The largest absolute Gasteiger partial charge is 0.378 e. The van der Waals surface area contributed by atoms with Gasteiger partial charge in [-0.2, -0.15) is 0 Å². The molecule has 0 fully saturated rings. The molecule has 0 aliphatic rings. The first-order valence-electron chi connectivity index (χ1n) is 5.95.